The number of benzene rings is 1. The van der Waals surface area contributed by atoms with Gasteiger partial charge in [-0.15, -0.1) is 0 Å². The number of rotatable bonds is 4. The Morgan fingerprint density at radius 2 is 1.93 bits per heavy atom. The van der Waals surface area contributed by atoms with E-state index in [0.717, 1.165) is 0 Å². The van der Waals surface area contributed by atoms with Crippen molar-refractivity contribution < 1.29 is 23.5 Å². The first kappa shape index (κ1) is 17.5. The molecule has 0 bridgehead atoms. The second-order valence-electron chi connectivity index (χ2n) is 6.73. The number of imide groups is 1. The lowest BCUT2D eigenvalue weighted by Gasteiger charge is -2.32. The van der Waals surface area contributed by atoms with Crippen LogP contribution in [0.2, 0.25) is 0 Å². The Morgan fingerprint density at radius 1 is 1.19 bits per heavy atom. The molecule has 140 valence electrons. The van der Waals surface area contributed by atoms with Crippen LogP contribution in [0.4, 0.5) is 0 Å². The minimum absolute atomic E-state index is 0.252. The molecule has 3 heterocycles. The predicted molar refractivity (Wildman–Crippen MR) is 94.1 cm³/mol. The van der Waals surface area contributed by atoms with Crippen molar-refractivity contribution in [3.8, 4) is 0 Å². The second kappa shape index (κ2) is 6.35. The number of likely N-dealkylation sites (tertiary alicyclic amines) is 1. The van der Waals surface area contributed by atoms with Crippen LogP contribution < -0.4 is 5.32 Å². The van der Waals surface area contributed by atoms with Crippen molar-refractivity contribution in [2.45, 2.75) is 18.5 Å². The number of fused-ring (bicyclic) bond motifs is 1. The van der Waals surface area contributed by atoms with Crippen LogP contribution in [0.3, 0.4) is 0 Å². The van der Waals surface area contributed by atoms with E-state index < -0.39 is 29.4 Å². The number of carbonyl (C=O) groups excluding carboxylic acids is 3. The zero-order chi connectivity index (χ0) is 19.2. The molecule has 0 unspecified atom stereocenters. The molecule has 2 aromatic rings. The van der Waals surface area contributed by atoms with Gasteiger partial charge >= 0.3 is 5.97 Å². The lowest BCUT2D eigenvalue weighted by atomic mass is 9.75. The van der Waals surface area contributed by atoms with Crippen molar-refractivity contribution in [1.82, 2.24) is 10.2 Å². The molecule has 2 amide bonds. The normalized spacial score (nSPS) is 29.9. The molecule has 2 saturated heterocycles. The molecule has 2 aliphatic rings. The third-order valence-corrected chi connectivity index (χ3v) is 5.55. The maximum absolute atomic E-state index is 13.2. The maximum atomic E-state index is 13.2. The van der Waals surface area contributed by atoms with Crippen molar-refractivity contribution in [2.24, 2.45) is 11.8 Å². The number of methoxy groups -OCH3 is 1. The van der Waals surface area contributed by atoms with Gasteiger partial charge in [0.05, 0.1) is 31.3 Å². The molecule has 1 aromatic heterocycles. The quantitative estimate of drug-likeness (QED) is 0.652. The first-order chi connectivity index (χ1) is 13.1. The van der Waals surface area contributed by atoms with Gasteiger partial charge in [0.1, 0.15) is 5.76 Å². The van der Waals surface area contributed by atoms with Crippen LogP contribution in [0.5, 0.6) is 0 Å². The number of ether oxygens (including phenoxy) is 1. The Morgan fingerprint density at radius 3 is 2.52 bits per heavy atom. The van der Waals surface area contributed by atoms with E-state index in [1.165, 1.54) is 18.3 Å². The van der Waals surface area contributed by atoms with Gasteiger partial charge in [-0.2, -0.15) is 0 Å². The molecule has 7 nitrogen and oxygen atoms in total. The van der Waals surface area contributed by atoms with Gasteiger partial charge in [-0.25, -0.2) is 4.79 Å². The summed E-state index contributed by atoms with van der Waals surface area (Å²) in [6.07, 6.45) is 1.51. The summed E-state index contributed by atoms with van der Waals surface area (Å²) < 4.78 is 10.6. The largest absolute Gasteiger partial charge is 0.468 e. The van der Waals surface area contributed by atoms with Crippen LogP contribution in [0, 0.1) is 11.8 Å². The number of carbonyl (C=O) groups is 3. The number of nitrogens with zero attached hydrogens (tertiary/aromatic N) is 1. The van der Waals surface area contributed by atoms with Crippen molar-refractivity contribution in [3.05, 3.63) is 60.1 Å². The zero-order valence-electron chi connectivity index (χ0n) is 15.0. The minimum Gasteiger partial charge on any atom is -0.468 e. The molecule has 27 heavy (non-hydrogen) atoms. The molecule has 4 atom stereocenters. The fourth-order valence-corrected chi connectivity index (χ4v) is 4.42. The lowest BCUT2D eigenvalue weighted by molar-refractivity contribution is -0.154. The fourth-order valence-electron chi connectivity index (χ4n) is 4.42. The third kappa shape index (κ3) is 2.28. The summed E-state index contributed by atoms with van der Waals surface area (Å²) in [7, 11) is 1.28. The smallest absolute Gasteiger partial charge is 0.331 e. The summed E-state index contributed by atoms with van der Waals surface area (Å²) in [5.41, 5.74) is -0.880. The zero-order valence-corrected chi connectivity index (χ0v) is 15.0. The van der Waals surface area contributed by atoms with Crippen molar-refractivity contribution in [3.63, 3.8) is 0 Å². The Kier molecular flexibility index (Phi) is 4.11. The number of esters is 1. The summed E-state index contributed by atoms with van der Waals surface area (Å²) in [4.78, 5) is 40.5. The van der Waals surface area contributed by atoms with Gasteiger partial charge in [0.15, 0.2) is 5.54 Å². The molecular formula is C20H20N2O5. The van der Waals surface area contributed by atoms with Gasteiger partial charge < -0.3 is 9.15 Å². The van der Waals surface area contributed by atoms with Gasteiger partial charge in [-0.05, 0) is 24.6 Å². The number of nitrogens with one attached hydrogen (secondary N) is 1. The topological polar surface area (TPSA) is 88.8 Å². The van der Waals surface area contributed by atoms with Crippen LogP contribution in [-0.2, 0) is 24.7 Å². The number of hydrogen-bond donors (Lipinski definition) is 1. The van der Waals surface area contributed by atoms with Crippen molar-refractivity contribution in [2.75, 3.05) is 13.7 Å². The Bertz CT molecular complexity index is 879. The Balaban J connectivity index is 1.95. The van der Waals surface area contributed by atoms with Gasteiger partial charge in [0.2, 0.25) is 11.8 Å². The predicted octanol–water partition coefficient (Wildman–Crippen LogP) is 1.61. The molecule has 0 spiro atoms. The van der Waals surface area contributed by atoms with Gasteiger partial charge in [-0.3, -0.25) is 19.8 Å². The lowest BCUT2D eigenvalue weighted by Crippen LogP contribution is -2.53. The van der Waals surface area contributed by atoms with Crippen LogP contribution in [-0.4, -0.2) is 36.3 Å². The van der Waals surface area contributed by atoms with Gasteiger partial charge in [0.25, 0.3) is 0 Å². The van der Waals surface area contributed by atoms with E-state index in [1.54, 1.807) is 43.3 Å². The molecule has 2 fully saturated rings. The van der Waals surface area contributed by atoms with E-state index in [-0.39, 0.29) is 18.4 Å². The molecule has 7 heteroatoms. The number of furan rings is 1. The highest BCUT2D eigenvalue weighted by Gasteiger charge is 2.69. The Labute approximate surface area is 156 Å². The van der Waals surface area contributed by atoms with Crippen LogP contribution in [0.1, 0.15) is 24.3 Å². The average Bonchev–Trinajstić information content (AvgIpc) is 3.39. The second-order valence-corrected chi connectivity index (χ2v) is 6.73. The SMILES string of the molecule is CCN1C(=O)[C@@H]2[C@@H](c3ccco3)N[C@](C(=O)OC)(c3ccccc3)[C@@H]2C1=O. The van der Waals surface area contributed by atoms with Crippen LogP contribution in [0.15, 0.2) is 53.1 Å². The summed E-state index contributed by atoms with van der Waals surface area (Å²) in [5.74, 6) is -2.42. The summed E-state index contributed by atoms with van der Waals surface area (Å²) in [6, 6.07) is 11.8. The minimum atomic E-state index is -1.46. The van der Waals surface area contributed by atoms with Crippen LogP contribution >= 0.6 is 0 Å². The van der Waals surface area contributed by atoms with Gasteiger partial charge in [-0.1, -0.05) is 30.3 Å². The molecule has 0 saturated carbocycles. The standard InChI is InChI=1S/C20H20N2O5/c1-3-22-17(23)14-15(18(22)24)20(19(25)26-2,12-8-5-4-6-9-12)21-16(14)13-10-7-11-27-13/h4-11,14-16,21H,3H2,1-2H3/t14-,15-,16+,20+/m0/s1. The summed E-state index contributed by atoms with van der Waals surface area (Å²) in [5, 5.41) is 3.24. The van der Waals surface area contributed by atoms with Crippen LogP contribution in [0.25, 0.3) is 0 Å². The molecule has 0 aliphatic carbocycles. The van der Waals surface area contributed by atoms with E-state index in [2.05, 4.69) is 5.32 Å². The molecule has 1 N–H and O–H groups in total. The van der Waals surface area contributed by atoms with Crippen molar-refractivity contribution in [1.29, 1.82) is 0 Å². The fraction of sp³-hybridized carbons (Fsp3) is 0.350. The van der Waals surface area contributed by atoms with E-state index >= 15 is 0 Å². The molecule has 1 aromatic carbocycles. The Hall–Kier alpha value is -2.93. The highest BCUT2D eigenvalue weighted by molar-refractivity contribution is 6.09. The highest BCUT2D eigenvalue weighted by atomic mass is 16.5. The monoisotopic (exact) mass is 368 g/mol. The van der Waals surface area contributed by atoms with E-state index in [9.17, 15) is 14.4 Å². The first-order valence-electron chi connectivity index (χ1n) is 8.86. The highest BCUT2D eigenvalue weighted by Crippen LogP contribution is 2.53. The molecule has 2 aliphatic heterocycles. The molecular weight excluding hydrogens is 348 g/mol. The summed E-state index contributed by atoms with van der Waals surface area (Å²) >= 11 is 0. The number of amides is 2. The average molecular weight is 368 g/mol. The van der Waals surface area contributed by atoms with E-state index in [1.807, 2.05) is 6.07 Å². The van der Waals surface area contributed by atoms with Gasteiger partial charge in [0, 0.05) is 6.54 Å². The third-order valence-electron chi connectivity index (χ3n) is 5.55. The maximum Gasteiger partial charge on any atom is 0.331 e. The molecule has 4 rings (SSSR count). The van der Waals surface area contributed by atoms with E-state index in [0.29, 0.717) is 11.3 Å². The first-order valence-corrected chi connectivity index (χ1v) is 8.86. The van der Waals surface area contributed by atoms with E-state index in [4.69, 9.17) is 9.15 Å². The molecule has 0 radical (unpaired) electrons. The van der Waals surface area contributed by atoms with Crippen molar-refractivity contribution >= 4 is 17.8 Å². The summed E-state index contributed by atoms with van der Waals surface area (Å²) in [6.45, 7) is 2.00. The number of hydrogen-bond acceptors (Lipinski definition) is 6.